The maximum absolute atomic E-state index is 13.2. The van der Waals surface area contributed by atoms with E-state index >= 15 is 0 Å². The number of ether oxygens (including phenoxy) is 1. The summed E-state index contributed by atoms with van der Waals surface area (Å²) in [6.07, 6.45) is 5.58. The fourth-order valence-electron chi connectivity index (χ4n) is 2.03. The molecule has 0 N–H and O–H groups in total. The van der Waals surface area contributed by atoms with Gasteiger partial charge in [-0.05, 0) is 18.9 Å². The second kappa shape index (κ2) is 4.92. The minimum absolute atomic E-state index is 0.0708. The molecule has 7 heteroatoms. The molecule has 0 amide bonds. The van der Waals surface area contributed by atoms with Gasteiger partial charge in [0.05, 0.1) is 23.1 Å². The van der Waals surface area contributed by atoms with Crippen LogP contribution in [0.2, 0.25) is 0 Å². The van der Waals surface area contributed by atoms with Crippen molar-refractivity contribution in [3.63, 3.8) is 0 Å². The molecule has 0 radical (unpaired) electrons. The molecule has 1 aliphatic carbocycles. The molecular formula is C13H12FN3O3. The van der Waals surface area contributed by atoms with E-state index < -0.39 is 10.7 Å². The lowest BCUT2D eigenvalue weighted by Gasteiger charge is -2.09. The molecule has 1 aliphatic rings. The van der Waals surface area contributed by atoms with E-state index in [0.717, 1.165) is 36.7 Å². The van der Waals surface area contributed by atoms with Gasteiger partial charge in [-0.25, -0.2) is 9.37 Å². The van der Waals surface area contributed by atoms with Crippen molar-refractivity contribution < 1.29 is 14.1 Å². The van der Waals surface area contributed by atoms with Crippen molar-refractivity contribution in [1.29, 1.82) is 0 Å². The fraction of sp³-hybridized carbons (Fsp3) is 0.308. The normalized spacial score (nSPS) is 14.2. The first-order valence-electron chi connectivity index (χ1n) is 6.22. The summed E-state index contributed by atoms with van der Waals surface area (Å²) in [6, 6.07) is 3.61. The smallest absolute Gasteiger partial charge is 0.311 e. The number of nitro benzene ring substituents is 1. The molecule has 1 heterocycles. The predicted octanol–water partition coefficient (Wildman–Crippen LogP) is 2.84. The second-order valence-electron chi connectivity index (χ2n) is 4.68. The SMILES string of the molecule is O=[N+]([O-])c1ccc(F)cc1OCc1cncn1C1CC1. The Morgan fingerprint density at radius 1 is 1.50 bits per heavy atom. The molecule has 20 heavy (non-hydrogen) atoms. The van der Waals surface area contributed by atoms with E-state index in [4.69, 9.17) is 4.74 Å². The van der Waals surface area contributed by atoms with Crippen LogP contribution in [0.25, 0.3) is 0 Å². The van der Waals surface area contributed by atoms with Crippen molar-refractivity contribution in [2.24, 2.45) is 0 Å². The van der Waals surface area contributed by atoms with Crippen LogP contribution in [-0.4, -0.2) is 14.5 Å². The van der Waals surface area contributed by atoms with Crippen LogP contribution in [0.1, 0.15) is 24.6 Å². The van der Waals surface area contributed by atoms with Crippen molar-refractivity contribution in [3.8, 4) is 5.75 Å². The number of rotatable bonds is 5. The highest BCUT2D eigenvalue weighted by Gasteiger charge is 2.25. The Hall–Kier alpha value is -2.44. The van der Waals surface area contributed by atoms with E-state index in [1.807, 2.05) is 4.57 Å². The van der Waals surface area contributed by atoms with Gasteiger partial charge in [-0.1, -0.05) is 0 Å². The highest BCUT2D eigenvalue weighted by molar-refractivity contribution is 5.46. The highest BCUT2D eigenvalue weighted by Crippen LogP contribution is 2.36. The van der Waals surface area contributed by atoms with Gasteiger partial charge in [-0.15, -0.1) is 0 Å². The summed E-state index contributed by atoms with van der Waals surface area (Å²) < 4.78 is 20.6. The summed E-state index contributed by atoms with van der Waals surface area (Å²) in [5.41, 5.74) is 0.579. The van der Waals surface area contributed by atoms with E-state index in [-0.39, 0.29) is 18.0 Å². The van der Waals surface area contributed by atoms with E-state index in [9.17, 15) is 14.5 Å². The average molecular weight is 277 g/mol. The van der Waals surface area contributed by atoms with E-state index in [0.29, 0.717) is 6.04 Å². The van der Waals surface area contributed by atoms with Crippen LogP contribution in [0.15, 0.2) is 30.7 Å². The van der Waals surface area contributed by atoms with Crippen molar-refractivity contribution in [2.75, 3.05) is 0 Å². The van der Waals surface area contributed by atoms with Crippen LogP contribution >= 0.6 is 0 Å². The van der Waals surface area contributed by atoms with Crippen molar-refractivity contribution >= 4 is 5.69 Å². The Bertz CT molecular complexity index is 652. The molecule has 104 valence electrons. The van der Waals surface area contributed by atoms with Gasteiger partial charge in [0.15, 0.2) is 5.75 Å². The lowest BCUT2D eigenvalue weighted by Crippen LogP contribution is -2.05. The zero-order chi connectivity index (χ0) is 14.1. The number of halogens is 1. The summed E-state index contributed by atoms with van der Waals surface area (Å²) in [4.78, 5) is 14.3. The van der Waals surface area contributed by atoms with Gasteiger partial charge in [-0.3, -0.25) is 10.1 Å². The van der Waals surface area contributed by atoms with Gasteiger partial charge < -0.3 is 9.30 Å². The topological polar surface area (TPSA) is 70.2 Å². The third kappa shape index (κ3) is 2.47. The summed E-state index contributed by atoms with van der Waals surface area (Å²) in [6.45, 7) is 0.126. The quantitative estimate of drug-likeness (QED) is 0.622. The Labute approximate surface area is 114 Å². The van der Waals surface area contributed by atoms with Crippen LogP contribution in [0, 0.1) is 15.9 Å². The molecule has 3 rings (SSSR count). The number of nitrogens with zero attached hydrogens (tertiary/aromatic N) is 3. The highest BCUT2D eigenvalue weighted by atomic mass is 19.1. The first kappa shape index (κ1) is 12.6. The minimum atomic E-state index is -0.590. The molecule has 0 bridgehead atoms. The fourth-order valence-corrected chi connectivity index (χ4v) is 2.03. The Kier molecular flexibility index (Phi) is 3.09. The maximum atomic E-state index is 13.2. The number of hydrogen-bond acceptors (Lipinski definition) is 4. The Balaban J connectivity index is 1.79. The first-order valence-corrected chi connectivity index (χ1v) is 6.22. The molecule has 1 aromatic heterocycles. The molecule has 0 atom stereocenters. The van der Waals surface area contributed by atoms with Crippen molar-refractivity contribution in [3.05, 3.63) is 52.3 Å². The Morgan fingerprint density at radius 3 is 3.00 bits per heavy atom. The zero-order valence-electron chi connectivity index (χ0n) is 10.5. The number of hydrogen-bond donors (Lipinski definition) is 0. The lowest BCUT2D eigenvalue weighted by atomic mass is 10.3. The van der Waals surface area contributed by atoms with Gasteiger partial charge in [0.1, 0.15) is 12.4 Å². The van der Waals surface area contributed by atoms with Gasteiger partial charge in [-0.2, -0.15) is 0 Å². The van der Waals surface area contributed by atoms with Crippen LogP contribution in [0.4, 0.5) is 10.1 Å². The summed E-state index contributed by atoms with van der Waals surface area (Å²) in [7, 11) is 0. The number of nitro groups is 1. The van der Waals surface area contributed by atoms with Crippen LogP contribution < -0.4 is 4.74 Å². The zero-order valence-corrected chi connectivity index (χ0v) is 10.5. The van der Waals surface area contributed by atoms with Crippen LogP contribution in [0.5, 0.6) is 5.75 Å². The van der Waals surface area contributed by atoms with Gasteiger partial charge in [0, 0.05) is 18.2 Å². The standard InChI is InChI=1S/C13H12FN3O3/c14-9-1-4-12(17(18)19)13(5-9)20-7-11-6-15-8-16(11)10-2-3-10/h1,4-6,8,10H,2-3,7H2. The molecule has 1 aromatic carbocycles. The lowest BCUT2D eigenvalue weighted by molar-refractivity contribution is -0.386. The van der Waals surface area contributed by atoms with E-state index in [1.54, 1.807) is 12.5 Å². The second-order valence-corrected chi connectivity index (χ2v) is 4.68. The third-order valence-electron chi connectivity index (χ3n) is 3.18. The molecule has 0 spiro atoms. The summed E-state index contributed by atoms with van der Waals surface area (Å²) >= 11 is 0. The molecule has 6 nitrogen and oxygen atoms in total. The number of benzene rings is 1. The molecular weight excluding hydrogens is 265 g/mol. The predicted molar refractivity (Wildman–Crippen MR) is 67.9 cm³/mol. The van der Waals surface area contributed by atoms with Crippen LogP contribution in [-0.2, 0) is 6.61 Å². The van der Waals surface area contributed by atoms with Crippen LogP contribution in [0.3, 0.4) is 0 Å². The van der Waals surface area contributed by atoms with Gasteiger partial charge in [0.2, 0.25) is 0 Å². The summed E-state index contributed by atoms with van der Waals surface area (Å²) in [5, 5.41) is 10.9. The third-order valence-corrected chi connectivity index (χ3v) is 3.18. The van der Waals surface area contributed by atoms with Gasteiger partial charge in [0.25, 0.3) is 0 Å². The molecule has 1 fully saturated rings. The largest absolute Gasteiger partial charge is 0.480 e. The number of imidazole rings is 1. The summed E-state index contributed by atoms with van der Waals surface area (Å²) in [5.74, 6) is -0.639. The maximum Gasteiger partial charge on any atom is 0.311 e. The monoisotopic (exact) mass is 277 g/mol. The van der Waals surface area contributed by atoms with Crippen molar-refractivity contribution in [1.82, 2.24) is 9.55 Å². The van der Waals surface area contributed by atoms with Gasteiger partial charge >= 0.3 is 5.69 Å². The van der Waals surface area contributed by atoms with E-state index in [2.05, 4.69) is 4.98 Å². The molecule has 0 saturated heterocycles. The molecule has 1 saturated carbocycles. The minimum Gasteiger partial charge on any atom is -0.480 e. The molecule has 0 aliphatic heterocycles. The number of aromatic nitrogens is 2. The first-order chi connectivity index (χ1) is 9.65. The molecule has 2 aromatic rings. The van der Waals surface area contributed by atoms with E-state index in [1.165, 1.54) is 0 Å². The molecule has 0 unspecified atom stereocenters. The average Bonchev–Trinajstić information content (AvgIpc) is 3.15. The van der Waals surface area contributed by atoms with Crippen molar-refractivity contribution in [2.45, 2.75) is 25.5 Å². The Morgan fingerprint density at radius 2 is 2.30 bits per heavy atom.